The Bertz CT molecular complexity index is 389. The van der Waals surface area contributed by atoms with Crippen molar-refractivity contribution in [2.24, 2.45) is 0 Å². The van der Waals surface area contributed by atoms with E-state index in [9.17, 15) is 13.2 Å². The molecule has 0 amide bonds. The smallest absolute Gasteiger partial charge is 0.305 e. The van der Waals surface area contributed by atoms with Crippen molar-refractivity contribution in [3.05, 3.63) is 34.3 Å². The Kier molecular flexibility index (Phi) is 3.13. The summed E-state index contributed by atoms with van der Waals surface area (Å²) in [5, 5.41) is 3.15. The zero-order valence-electron chi connectivity index (χ0n) is 8.44. The molecule has 16 heavy (non-hydrogen) atoms. The highest BCUT2D eigenvalue weighted by Crippen LogP contribution is 2.25. The van der Waals surface area contributed by atoms with Gasteiger partial charge >= 0.3 is 6.18 Å². The molecule has 0 spiro atoms. The minimum atomic E-state index is -4.15. The zero-order valence-corrected chi connectivity index (χ0v) is 9.20. The molecular formula is C11H11ClF3N. The quantitative estimate of drug-likeness (QED) is 0.850. The van der Waals surface area contributed by atoms with E-state index < -0.39 is 12.7 Å². The molecule has 1 N–H and O–H groups in total. The highest BCUT2D eigenvalue weighted by atomic mass is 35.5. The van der Waals surface area contributed by atoms with Crippen LogP contribution < -0.4 is 5.32 Å². The van der Waals surface area contributed by atoms with Gasteiger partial charge in [0.1, 0.15) is 0 Å². The lowest BCUT2D eigenvalue weighted by atomic mass is 10.1. The van der Waals surface area contributed by atoms with Gasteiger partial charge in [0, 0.05) is 11.1 Å². The predicted octanol–water partition coefficient (Wildman–Crippen LogP) is 2.96. The van der Waals surface area contributed by atoms with Gasteiger partial charge in [-0.1, -0.05) is 17.7 Å². The van der Waals surface area contributed by atoms with E-state index in [1.54, 1.807) is 6.07 Å². The predicted molar refractivity (Wildman–Crippen MR) is 56.7 cm³/mol. The molecule has 0 heterocycles. The first-order valence-electron chi connectivity index (χ1n) is 5.01. The number of hydrogen-bond acceptors (Lipinski definition) is 1. The Morgan fingerprint density at radius 2 is 1.94 bits per heavy atom. The van der Waals surface area contributed by atoms with E-state index in [2.05, 4.69) is 5.32 Å². The number of halogens is 4. The van der Waals surface area contributed by atoms with Crippen LogP contribution in [0.5, 0.6) is 0 Å². The van der Waals surface area contributed by atoms with Gasteiger partial charge in [-0.3, -0.25) is 0 Å². The molecule has 5 heteroatoms. The summed E-state index contributed by atoms with van der Waals surface area (Å²) in [4.78, 5) is 0. The van der Waals surface area contributed by atoms with Crippen LogP contribution in [0.15, 0.2) is 18.2 Å². The summed E-state index contributed by atoms with van der Waals surface area (Å²) in [7, 11) is 0. The van der Waals surface area contributed by atoms with Crippen molar-refractivity contribution < 1.29 is 13.2 Å². The average molecular weight is 250 g/mol. The molecule has 1 aliphatic carbocycles. The summed E-state index contributed by atoms with van der Waals surface area (Å²) in [6, 6.07) is 5.35. The van der Waals surface area contributed by atoms with E-state index in [4.69, 9.17) is 11.6 Å². The fourth-order valence-corrected chi connectivity index (χ4v) is 2.19. The summed E-state index contributed by atoms with van der Waals surface area (Å²) in [6.07, 6.45) is -2.89. The van der Waals surface area contributed by atoms with Crippen LogP contribution in [-0.2, 0) is 12.8 Å². The van der Waals surface area contributed by atoms with Crippen molar-refractivity contribution in [1.82, 2.24) is 5.32 Å². The van der Waals surface area contributed by atoms with E-state index >= 15 is 0 Å². The van der Waals surface area contributed by atoms with Crippen molar-refractivity contribution in [3.8, 4) is 0 Å². The fraction of sp³-hybridized carbons (Fsp3) is 0.455. The molecule has 0 fully saturated rings. The summed E-state index contributed by atoms with van der Waals surface area (Å²) in [6.45, 7) is -0.931. The Morgan fingerprint density at radius 3 is 2.62 bits per heavy atom. The molecule has 0 radical (unpaired) electrons. The van der Waals surface area contributed by atoms with Crippen molar-refractivity contribution in [1.29, 1.82) is 0 Å². The second kappa shape index (κ2) is 4.26. The molecule has 88 valence electrons. The van der Waals surface area contributed by atoms with Gasteiger partial charge < -0.3 is 5.32 Å². The molecule has 0 aliphatic heterocycles. The lowest BCUT2D eigenvalue weighted by Gasteiger charge is -2.13. The fourth-order valence-electron chi connectivity index (χ4n) is 1.99. The number of hydrogen-bond donors (Lipinski definition) is 1. The van der Waals surface area contributed by atoms with Gasteiger partial charge in [-0.05, 0) is 36.1 Å². The van der Waals surface area contributed by atoms with Gasteiger partial charge in [0.2, 0.25) is 0 Å². The van der Waals surface area contributed by atoms with Crippen LogP contribution in [0, 0.1) is 0 Å². The number of benzene rings is 1. The average Bonchev–Trinajstić information content (AvgIpc) is 2.55. The first-order chi connectivity index (χ1) is 7.44. The Hall–Kier alpha value is -0.740. The molecule has 1 atom stereocenters. The van der Waals surface area contributed by atoms with Crippen LogP contribution >= 0.6 is 11.6 Å². The van der Waals surface area contributed by atoms with Gasteiger partial charge in [0.25, 0.3) is 0 Å². The van der Waals surface area contributed by atoms with Crippen LogP contribution in [0.3, 0.4) is 0 Å². The van der Waals surface area contributed by atoms with Gasteiger partial charge in [-0.25, -0.2) is 0 Å². The molecule has 1 aromatic carbocycles. The van der Waals surface area contributed by atoms with Crippen molar-refractivity contribution in [3.63, 3.8) is 0 Å². The molecule has 0 saturated carbocycles. The molecule has 1 unspecified atom stereocenters. The summed E-state index contributed by atoms with van der Waals surface area (Å²) >= 11 is 5.82. The Morgan fingerprint density at radius 1 is 1.25 bits per heavy atom. The van der Waals surface area contributed by atoms with Gasteiger partial charge in [-0.2, -0.15) is 13.2 Å². The van der Waals surface area contributed by atoms with Crippen molar-refractivity contribution in [2.45, 2.75) is 25.1 Å². The maximum Gasteiger partial charge on any atom is 0.401 e. The van der Waals surface area contributed by atoms with Crippen LogP contribution in [-0.4, -0.2) is 18.8 Å². The second-order valence-electron chi connectivity index (χ2n) is 4.01. The molecular weight excluding hydrogens is 239 g/mol. The third kappa shape index (κ3) is 2.89. The normalized spacial score (nSPS) is 19.9. The first kappa shape index (κ1) is 11.7. The molecule has 0 saturated heterocycles. The second-order valence-corrected chi connectivity index (χ2v) is 4.45. The minimum absolute atomic E-state index is 0.130. The maximum atomic E-state index is 12.0. The topological polar surface area (TPSA) is 12.0 Å². The SMILES string of the molecule is FC(F)(F)CNC1Cc2ccc(Cl)cc2C1. The molecule has 1 aliphatic rings. The third-order valence-electron chi connectivity index (χ3n) is 2.69. The molecule has 1 nitrogen and oxygen atoms in total. The molecule has 2 rings (SSSR count). The molecule has 0 bridgehead atoms. The highest BCUT2D eigenvalue weighted by molar-refractivity contribution is 6.30. The summed E-state index contributed by atoms with van der Waals surface area (Å²) in [5.74, 6) is 0. The van der Waals surface area contributed by atoms with Crippen LogP contribution in [0.1, 0.15) is 11.1 Å². The summed E-state index contributed by atoms with van der Waals surface area (Å²) < 4.78 is 36.1. The third-order valence-corrected chi connectivity index (χ3v) is 2.93. The van der Waals surface area contributed by atoms with Crippen molar-refractivity contribution >= 4 is 11.6 Å². The van der Waals surface area contributed by atoms with Gasteiger partial charge in [0.05, 0.1) is 6.54 Å². The lowest BCUT2D eigenvalue weighted by Crippen LogP contribution is -2.37. The first-order valence-corrected chi connectivity index (χ1v) is 5.39. The number of rotatable bonds is 2. The van der Waals surface area contributed by atoms with Crippen molar-refractivity contribution in [2.75, 3.05) is 6.54 Å². The standard InChI is InChI=1S/C11H11ClF3N/c12-9-2-1-7-4-10(5-8(7)3-9)16-6-11(13,14)15/h1-3,10,16H,4-6H2. The van der Waals surface area contributed by atoms with Crippen LogP contribution in [0.25, 0.3) is 0 Å². The molecule has 0 aromatic heterocycles. The maximum absolute atomic E-state index is 12.0. The molecule has 1 aromatic rings. The summed E-state index contributed by atoms with van der Waals surface area (Å²) in [5.41, 5.74) is 2.14. The van der Waals surface area contributed by atoms with E-state index in [0.717, 1.165) is 11.1 Å². The highest BCUT2D eigenvalue weighted by Gasteiger charge is 2.30. The number of alkyl halides is 3. The Labute approximate surface area is 96.6 Å². The van der Waals surface area contributed by atoms with E-state index in [1.807, 2.05) is 12.1 Å². The van der Waals surface area contributed by atoms with Crippen LogP contribution in [0.2, 0.25) is 5.02 Å². The van der Waals surface area contributed by atoms with E-state index in [0.29, 0.717) is 17.9 Å². The van der Waals surface area contributed by atoms with Gasteiger partial charge in [-0.15, -0.1) is 0 Å². The zero-order chi connectivity index (χ0) is 11.8. The van der Waals surface area contributed by atoms with E-state index in [1.165, 1.54) is 0 Å². The van der Waals surface area contributed by atoms with E-state index in [-0.39, 0.29) is 6.04 Å². The minimum Gasteiger partial charge on any atom is -0.305 e. The number of fused-ring (bicyclic) bond motifs is 1. The largest absolute Gasteiger partial charge is 0.401 e. The lowest BCUT2D eigenvalue weighted by molar-refractivity contribution is -0.126. The number of nitrogens with one attached hydrogen (secondary N) is 1. The van der Waals surface area contributed by atoms with Crippen LogP contribution in [0.4, 0.5) is 13.2 Å². The Balaban J connectivity index is 1.95. The monoisotopic (exact) mass is 249 g/mol. The van der Waals surface area contributed by atoms with Gasteiger partial charge in [0.15, 0.2) is 0 Å².